The largest absolute Gasteiger partial charge is 0.298 e. The Morgan fingerprint density at radius 2 is 1.54 bits per heavy atom. The quantitative estimate of drug-likeness (QED) is 0.465. The van der Waals surface area contributed by atoms with E-state index >= 15 is 0 Å². The van der Waals surface area contributed by atoms with Crippen molar-refractivity contribution in [3.8, 4) is 0 Å². The molecule has 0 aliphatic carbocycles. The molecule has 1 unspecified atom stereocenters. The van der Waals surface area contributed by atoms with Crippen LogP contribution in [0.25, 0.3) is 10.8 Å². The summed E-state index contributed by atoms with van der Waals surface area (Å²) in [5, 5.41) is 3.62. The summed E-state index contributed by atoms with van der Waals surface area (Å²) in [4.78, 5) is 11.8. The highest BCUT2D eigenvalue weighted by atomic mass is 28.3. The van der Waals surface area contributed by atoms with E-state index in [1.54, 1.807) is 0 Å². The molecule has 0 fully saturated rings. The number of benzene rings is 3. The Morgan fingerprint density at radius 3 is 2.17 bits per heavy atom. The van der Waals surface area contributed by atoms with Crippen LogP contribution in [0.15, 0.2) is 60.7 Å². The maximum Gasteiger partial charge on any atom is 0.150 e. The van der Waals surface area contributed by atoms with Crippen LogP contribution in [0.5, 0.6) is 0 Å². The molecule has 0 aromatic heterocycles. The minimum absolute atomic E-state index is 0.200. The first-order chi connectivity index (χ1) is 11.4. The average molecular weight is 333 g/mol. The van der Waals surface area contributed by atoms with Gasteiger partial charge in [0.15, 0.2) is 6.29 Å². The van der Waals surface area contributed by atoms with Crippen molar-refractivity contribution in [1.82, 2.24) is 0 Å². The van der Waals surface area contributed by atoms with E-state index in [1.165, 1.54) is 10.8 Å². The molecule has 0 spiro atoms. The monoisotopic (exact) mass is 332 g/mol. The van der Waals surface area contributed by atoms with Crippen molar-refractivity contribution in [3.63, 3.8) is 0 Å². The maximum absolute atomic E-state index is 11.8. The fourth-order valence-electron chi connectivity index (χ4n) is 3.27. The second kappa shape index (κ2) is 6.37. The first kappa shape index (κ1) is 16.7. The zero-order valence-corrected chi connectivity index (χ0v) is 15.8. The normalized spacial score (nSPS) is 13.0. The summed E-state index contributed by atoms with van der Waals surface area (Å²) >= 11 is 0. The summed E-state index contributed by atoms with van der Waals surface area (Å²) < 4.78 is 0. The molecule has 1 nitrogen and oxygen atoms in total. The molecule has 0 bridgehead atoms. The summed E-state index contributed by atoms with van der Waals surface area (Å²) in [5.41, 5.74) is 3.18. The molecule has 24 heavy (non-hydrogen) atoms. The Morgan fingerprint density at radius 1 is 0.875 bits per heavy atom. The fourth-order valence-corrected chi connectivity index (χ4v) is 4.44. The number of hydrogen-bond donors (Lipinski definition) is 0. The van der Waals surface area contributed by atoms with E-state index in [-0.39, 0.29) is 5.92 Å². The Bertz CT molecular complexity index is 873. The molecule has 0 radical (unpaired) electrons. The van der Waals surface area contributed by atoms with Gasteiger partial charge in [-0.15, -0.1) is 0 Å². The number of fused-ring (bicyclic) bond motifs is 1. The predicted molar refractivity (Wildman–Crippen MR) is 106 cm³/mol. The zero-order valence-electron chi connectivity index (χ0n) is 14.8. The van der Waals surface area contributed by atoms with Crippen LogP contribution >= 0.6 is 0 Å². The summed E-state index contributed by atoms with van der Waals surface area (Å²) in [5.74, 6) is 0.200. The van der Waals surface area contributed by atoms with Gasteiger partial charge in [-0.05, 0) is 21.9 Å². The summed E-state index contributed by atoms with van der Waals surface area (Å²) in [6, 6.07) is 21.3. The highest BCUT2D eigenvalue weighted by Crippen LogP contribution is 2.30. The molecule has 3 aromatic rings. The predicted octanol–water partition coefficient (Wildman–Crippen LogP) is 5.35. The average Bonchev–Trinajstić information content (AvgIpc) is 2.59. The van der Waals surface area contributed by atoms with Crippen LogP contribution in [0.2, 0.25) is 19.6 Å². The van der Waals surface area contributed by atoms with E-state index in [0.29, 0.717) is 0 Å². The first-order valence-electron chi connectivity index (χ1n) is 8.49. The molecule has 0 N–H and O–H groups in total. The van der Waals surface area contributed by atoms with Gasteiger partial charge in [0, 0.05) is 11.5 Å². The van der Waals surface area contributed by atoms with Crippen molar-refractivity contribution < 1.29 is 4.79 Å². The van der Waals surface area contributed by atoms with Crippen LogP contribution in [0.4, 0.5) is 0 Å². The molecule has 0 aliphatic rings. The molecule has 2 heteroatoms. The van der Waals surface area contributed by atoms with Crippen molar-refractivity contribution in [2.24, 2.45) is 0 Å². The van der Waals surface area contributed by atoms with Gasteiger partial charge in [0.25, 0.3) is 0 Å². The second-order valence-corrected chi connectivity index (χ2v) is 12.6. The molecular weight excluding hydrogens is 308 g/mol. The molecule has 0 aliphatic heterocycles. The van der Waals surface area contributed by atoms with E-state index < -0.39 is 8.07 Å². The van der Waals surface area contributed by atoms with Gasteiger partial charge in [-0.2, -0.15) is 0 Å². The third-order valence-corrected chi connectivity index (χ3v) is 6.93. The molecule has 3 rings (SSSR count). The smallest absolute Gasteiger partial charge is 0.150 e. The van der Waals surface area contributed by atoms with Gasteiger partial charge in [-0.3, -0.25) is 4.79 Å². The third-order valence-electron chi connectivity index (χ3n) is 4.87. The van der Waals surface area contributed by atoms with Gasteiger partial charge >= 0.3 is 0 Å². The van der Waals surface area contributed by atoms with Gasteiger partial charge in [0.1, 0.15) is 0 Å². The fraction of sp³-hybridized carbons (Fsp3) is 0.227. The molecule has 1 atom stereocenters. The van der Waals surface area contributed by atoms with Crippen LogP contribution in [-0.4, -0.2) is 14.4 Å². The van der Waals surface area contributed by atoms with Gasteiger partial charge < -0.3 is 0 Å². The van der Waals surface area contributed by atoms with Crippen LogP contribution in [-0.2, 0) is 0 Å². The van der Waals surface area contributed by atoms with Crippen molar-refractivity contribution >= 4 is 30.3 Å². The Balaban J connectivity index is 2.05. The first-order valence-corrected chi connectivity index (χ1v) is 12.0. The topological polar surface area (TPSA) is 17.1 Å². The second-order valence-electron chi connectivity index (χ2n) is 7.50. The lowest BCUT2D eigenvalue weighted by Crippen LogP contribution is -2.37. The minimum atomic E-state index is -1.28. The van der Waals surface area contributed by atoms with E-state index in [4.69, 9.17) is 0 Å². The van der Waals surface area contributed by atoms with Crippen LogP contribution in [0.3, 0.4) is 0 Å². The number of hydrogen-bond acceptors (Lipinski definition) is 1. The number of carbonyl (C=O) groups excluding carboxylic acids is 1. The van der Waals surface area contributed by atoms with Gasteiger partial charge in [-0.25, -0.2) is 0 Å². The lowest BCUT2D eigenvalue weighted by atomic mass is 9.87. The standard InChI is InChI=1S/C22H24OSi/c1-16(17-9-12-19(13-10-17)24(2,3)4)20-14-11-18-7-5-6-8-21(18)22(20)15-23/h5-16H,1-4H3. The SMILES string of the molecule is CC(c1ccc([Si](C)(C)C)cc1)c1ccc2ccccc2c1C=O. The molecule has 0 amide bonds. The van der Waals surface area contributed by atoms with E-state index in [1.807, 2.05) is 18.2 Å². The van der Waals surface area contributed by atoms with Crippen LogP contribution in [0.1, 0.15) is 34.3 Å². The summed E-state index contributed by atoms with van der Waals surface area (Å²) in [6.45, 7) is 9.26. The molecule has 0 heterocycles. The number of rotatable bonds is 4. The highest BCUT2D eigenvalue weighted by Gasteiger charge is 2.18. The van der Waals surface area contributed by atoms with Crippen LogP contribution < -0.4 is 5.19 Å². The minimum Gasteiger partial charge on any atom is -0.298 e. The summed E-state index contributed by atoms with van der Waals surface area (Å²) in [6.07, 6.45) is 1.00. The summed E-state index contributed by atoms with van der Waals surface area (Å²) in [7, 11) is -1.28. The Hall–Kier alpha value is -2.19. The van der Waals surface area contributed by atoms with E-state index in [9.17, 15) is 4.79 Å². The molecular formula is C22H24OSi. The van der Waals surface area contributed by atoms with Crippen molar-refractivity contribution in [3.05, 3.63) is 77.4 Å². The highest BCUT2D eigenvalue weighted by molar-refractivity contribution is 6.88. The van der Waals surface area contributed by atoms with Crippen LogP contribution in [0, 0.1) is 0 Å². The molecule has 122 valence electrons. The zero-order chi connectivity index (χ0) is 17.3. The lowest BCUT2D eigenvalue weighted by molar-refractivity contribution is 0.112. The molecule has 3 aromatic carbocycles. The van der Waals surface area contributed by atoms with Crippen molar-refractivity contribution in [2.45, 2.75) is 32.5 Å². The number of aldehydes is 1. The third kappa shape index (κ3) is 3.07. The van der Waals surface area contributed by atoms with E-state index in [2.05, 4.69) is 69.0 Å². The molecule has 0 saturated heterocycles. The van der Waals surface area contributed by atoms with Gasteiger partial charge in [0.2, 0.25) is 0 Å². The van der Waals surface area contributed by atoms with Gasteiger partial charge in [0.05, 0.1) is 8.07 Å². The molecule has 0 saturated carbocycles. The van der Waals surface area contributed by atoms with E-state index in [0.717, 1.165) is 28.2 Å². The maximum atomic E-state index is 11.8. The van der Waals surface area contributed by atoms with Crippen molar-refractivity contribution in [1.29, 1.82) is 0 Å². The Kier molecular flexibility index (Phi) is 4.42. The van der Waals surface area contributed by atoms with Gasteiger partial charge in [-0.1, -0.05) is 92.4 Å². The Labute approximate surface area is 145 Å². The van der Waals surface area contributed by atoms with Crippen molar-refractivity contribution in [2.75, 3.05) is 0 Å². The lowest BCUT2D eigenvalue weighted by Gasteiger charge is -2.20. The number of carbonyl (C=O) groups is 1.